The molecular formula is C54H96O6. The fourth-order valence-corrected chi connectivity index (χ4v) is 7.22. The maximum absolute atomic E-state index is 12.8. The Hall–Kier alpha value is -2.63. The van der Waals surface area contributed by atoms with E-state index in [0.717, 1.165) is 89.9 Å². The summed E-state index contributed by atoms with van der Waals surface area (Å²) in [5.41, 5.74) is 0. The van der Waals surface area contributed by atoms with E-state index < -0.39 is 6.10 Å². The summed E-state index contributed by atoms with van der Waals surface area (Å²) in [6, 6.07) is 0. The van der Waals surface area contributed by atoms with Crippen LogP contribution in [0.15, 0.2) is 48.6 Å². The molecule has 1 atom stereocenters. The number of rotatable bonds is 46. The quantitative estimate of drug-likeness (QED) is 0.0263. The zero-order valence-corrected chi connectivity index (χ0v) is 39.7. The molecule has 0 aromatic carbocycles. The average molecular weight is 841 g/mol. The Bertz CT molecular complexity index is 1060. The Morgan fingerprint density at radius 2 is 0.650 bits per heavy atom. The first kappa shape index (κ1) is 57.4. The Balaban J connectivity index is 4.39. The second-order valence-electron chi connectivity index (χ2n) is 17.1. The number of carbonyl (C=O) groups is 3. The van der Waals surface area contributed by atoms with Crippen LogP contribution in [-0.2, 0) is 28.6 Å². The fourth-order valence-electron chi connectivity index (χ4n) is 7.22. The number of unbranched alkanes of at least 4 members (excludes halogenated alkanes) is 27. The van der Waals surface area contributed by atoms with Gasteiger partial charge in [-0.2, -0.15) is 0 Å². The standard InChI is InChI=1S/C54H96O6/c1-4-7-10-13-16-19-22-25-26-27-30-32-35-38-41-44-47-53(56)59-50-51(60-54(57)48-45-42-39-36-33-29-24-21-18-15-12-9-6-3)49-58-52(55)46-43-40-37-34-31-28-23-20-17-14-11-8-5-2/h9,12,18,20-21,23,29,33,51H,4-8,10-11,13-17,19,22,24-28,30-32,34-50H2,1-3H3/b12-9-,21-18-,23-20-,33-29-. The van der Waals surface area contributed by atoms with E-state index in [2.05, 4.69) is 69.4 Å². The van der Waals surface area contributed by atoms with E-state index in [0.29, 0.717) is 19.3 Å². The first-order valence-corrected chi connectivity index (χ1v) is 25.6. The lowest BCUT2D eigenvalue weighted by molar-refractivity contribution is -0.167. The Kier molecular flexibility index (Phi) is 46.9. The number of hydrogen-bond acceptors (Lipinski definition) is 6. The molecular weight excluding hydrogens is 745 g/mol. The van der Waals surface area contributed by atoms with Crippen LogP contribution >= 0.6 is 0 Å². The zero-order chi connectivity index (χ0) is 43.7. The lowest BCUT2D eigenvalue weighted by Gasteiger charge is -2.18. The van der Waals surface area contributed by atoms with Gasteiger partial charge in [0, 0.05) is 19.3 Å². The van der Waals surface area contributed by atoms with Gasteiger partial charge in [-0.3, -0.25) is 14.4 Å². The predicted octanol–water partition coefficient (Wildman–Crippen LogP) is 16.7. The molecule has 0 aromatic heterocycles. The van der Waals surface area contributed by atoms with E-state index in [-0.39, 0.29) is 31.1 Å². The number of hydrogen-bond donors (Lipinski definition) is 0. The molecule has 0 saturated heterocycles. The molecule has 0 amide bonds. The summed E-state index contributed by atoms with van der Waals surface area (Å²) in [6.07, 6.45) is 58.1. The molecule has 6 nitrogen and oxygen atoms in total. The monoisotopic (exact) mass is 841 g/mol. The molecule has 60 heavy (non-hydrogen) atoms. The highest BCUT2D eigenvalue weighted by Gasteiger charge is 2.19. The molecule has 0 bridgehead atoms. The van der Waals surface area contributed by atoms with Crippen molar-refractivity contribution < 1.29 is 28.6 Å². The van der Waals surface area contributed by atoms with Gasteiger partial charge >= 0.3 is 17.9 Å². The fraction of sp³-hybridized carbons (Fsp3) is 0.796. The van der Waals surface area contributed by atoms with Gasteiger partial charge in [-0.25, -0.2) is 0 Å². The molecule has 0 heterocycles. The molecule has 0 radical (unpaired) electrons. The van der Waals surface area contributed by atoms with E-state index in [1.54, 1.807) is 0 Å². The van der Waals surface area contributed by atoms with Crippen molar-refractivity contribution in [2.45, 2.75) is 264 Å². The highest BCUT2D eigenvalue weighted by molar-refractivity contribution is 5.71. The van der Waals surface area contributed by atoms with Gasteiger partial charge in [0.2, 0.25) is 0 Å². The third kappa shape index (κ3) is 46.4. The number of allylic oxidation sites excluding steroid dienone is 8. The van der Waals surface area contributed by atoms with Crippen molar-refractivity contribution in [2.24, 2.45) is 0 Å². The summed E-state index contributed by atoms with van der Waals surface area (Å²) >= 11 is 0. The predicted molar refractivity (Wildman–Crippen MR) is 256 cm³/mol. The first-order valence-electron chi connectivity index (χ1n) is 25.6. The van der Waals surface area contributed by atoms with Crippen molar-refractivity contribution in [2.75, 3.05) is 13.2 Å². The van der Waals surface area contributed by atoms with Gasteiger partial charge in [-0.15, -0.1) is 0 Å². The number of esters is 3. The van der Waals surface area contributed by atoms with Crippen LogP contribution in [0.3, 0.4) is 0 Å². The van der Waals surface area contributed by atoms with Gasteiger partial charge in [0.05, 0.1) is 0 Å². The van der Waals surface area contributed by atoms with Gasteiger partial charge < -0.3 is 14.2 Å². The molecule has 0 rings (SSSR count). The number of ether oxygens (including phenoxy) is 3. The summed E-state index contributed by atoms with van der Waals surface area (Å²) in [5, 5.41) is 0. The van der Waals surface area contributed by atoms with Crippen molar-refractivity contribution in [3.8, 4) is 0 Å². The van der Waals surface area contributed by atoms with Gasteiger partial charge in [-0.05, 0) is 77.0 Å². The summed E-state index contributed by atoms with van der Waals surface area (Å²) in [7, 11) is 0. The smallest absolute Gasteiger partial charge is 0.306 e. The molecule has 6 heteroatoms. The van der Waals surface area contributed by atoms with Crippen LogP contribution in [-0.4, -0.2) is 37.2 Å². The third-order valence-corrected chi connectivity index (χ3v) is 11.1. The van der Waals surface area contributed by atoms with E-state index in [1.165, 1.54) is 128 Å². The maximum Gasteiger partial charge on any atom is 0.306 e. The summed E-state index contributed by atoms with van der Waals surface area (Å²) in [6.45, 7) is 6.49. The molecule has 0 aromatic rings. The summed E-state index contributed by atoms with van der Waals surface area (Å²) in [4.78, 5) is 37.9. The van der Waals surface area contributed by atoms with Crippen molar-refractivity contribution >= 4 is 17.9 Å². The molecule has 0 aliphatic rings. The minimum Gasteiger partial charge on any atom is -0.462 e. The maximum atomic E-state index is 12.8. The van der Waals surface area contributed by atoms with E-state index in [4.69, 9.17) is 14.2 Å². The van der Waals surface area contributed by atoms with Crippen molar-refractivity contribution in [3.05, 3.63) is 48.6 Å². The van der Waals surface area contributed by atoms with Crippen LogP contribution in [0.1, 0.15) is 258 Å². The van der Waals surface area contributed by atoms with E-state index in [1.807, 2.05) is 0 Å². The Morgan fingerprint density at radius 1 is 0.350 bits per heavy atom. The normalized spacial score (nSPS) is 12.4. The van der Waals surface area contributed by atoms with E-state index in [9.17, 15) is 14.4 Å². The first-order chi connectivity index (χ1) is 29.5. The largest absolute Gasteiger partial charge is 0.462 e. The summed E-state index contributed by atoms with van der Waals surface area (Å²) in [5.74, 6) is -0.917. The molecule has 0 fully saturated rings. The number of carbonyl (C=O) groups excluding carboxylic acids is 3. The zero-order valence-electron chi connectivity index (χ0n) is 39.7. The van der Waals surface area contributed by atoms with Crippen molar-refractivity contribution in [1.82, 2.24) is 0 Å². The average Bonchev–Trinajstić information content (AvgIpc) is 3.24. The van der Waals surface area contributed by atoms with Crippen LogP contribution in [0, 0.1) is 0 Å². The van der Waals surface area contributed by atoms with Gasteiger partial charge in [-0.1, -0.05) is 211 Å². The van der Waals surface area contributed by atoms with E-state index >= 15 is 0 Å². The second kappa shape index (κ2) is 49.0. The topological polar surface area (TPSA) is 78.9 Å². The van der Waals surface area contributed by atoms with Gasteiger partial charge in [0.1, 0.15) is 13.2 Å². The van der Waals surface area contributed by atoms with Crippen molar-refractivity contribution in [1.29, 1.82) is 0 Å². The van der Waals surface area contributed by atoms with Gasteiger partial charge in [0.15, 0.2) is 6.10 Å². The Morgan fingerprint density at radius 3 is 1.07 bits per heavy atom. The highest BCUT2D eigenvalue weighted by atomic mass is 16.6. The molecule has 0 spiro atoms. The molecule has 1 unspecified atom stereocenters. The third-order valence-electron chi connectivity index (χ3n) is 11.1. The lowest BCUT2D eigenvalue weighted by atomic mass is 10.0. The van der Waals surface area contributed by atoms with Gasteiger partial charge in [0.25, 0.3) is 0 Å². The van der Waals surface area contributed by atoms with Crippen LogP contribution in [0.4, 0.5) is 0 Å². The minimum atomic E-state index is -0.788. The molecule has 0 aliphatic carbocycles. The van der Waals surface area contributed by atoms with Crippen LogP contribution in [0.5, 0.6) is 0 Å². The minimum absolute atomic E-state index is 0.0853. The van der Waals surface area contributed by atoms with Crippen LogP contribution in [0.25, 0.3) is 0 Å². The van der Waals surface area contributed by atoms with Crippen molar-refractivity contribution in [3.63, 3.8) is 0 Å². The van der Waals surface area contributed by atoms with Crippen LogP contribution < -0.4 is 0 Å². The summed E-state index contributed by atoms with van der Waals surface area (Å²) < 4.78 is 16.8. The highest BCUT2D eigenvalue weighted by Crippen LogP contribution is 2.15. The second-order valence-corrected chi connectivity index (χ2v) is 17.1. The SMILES string of the molecule is CC/C=C\C/C=C\C/C=C\CCCCCC(=O)OC(COC(=O)CCCCCCC/C=C\CCCCCC)COC(=O)CCCCCCCCCCCCCCCCCC. The molecule has 0 aliphatic heterocycles. The molecule has 0 N–H and O–H groups in total. The van der Waals surface area contributed by atoms with Crippen LogP contribution in [0.2, 0.25) is 0 Å². The molecule has 0 saturated carbocycles. The molecule has 348 valence electrons. The Labute approximate surface area is 371 Å². The lowest BCUT2D eigenvalue weighted by Crippen LogP contribution is -2.30.